The van der Waals surface area contributed by atoms with Gasteiger partial charge in [0.05, 0.1) is 0 Å². The summed E-state index contributed by atoms with van der Waals surface area (Å²) in [5, 5.41) is 1.15. The summed E-state index contributed by atoms with van der Waals surface area (Å²) in [4.78, 5) is 1.37. The maximum Gasteiger partial charge on any atom is 0.0274 e. The lowest BCUT2D eigenvalue weighted by Gasteiger charge is -2.26. The Hall–Kier alpha value is -0.0800. The summed E-state index contributed by atoms with van der Waals surface area (Å²) < 4.78 is 0. The molecule has 0 aliphatic heterocycles. The highest BCUT2D eigenvalue weighted by molar-refractivity contribution is 8.00. The molecule has 2 rings (SSSR count). The maximum atomic E-state index is 5.49. The molecule has 14 heavy (non-hydrogen) atoms. The van der Waals surface area contributed by atoms with Crippen molar-refractivity contribution in [2.24, 2.45) is 0 Å². The second-order valence-electron chi connectivity index (χ2n) is 3.79. The highest BCUT2D eigenvalue weighted by Gasteiger charge is 2.23. The van der Waals surface area contributed by atoms with Crippen LogP contribution in [0.1, 0.15) is 25.7 Å². The van der Waals surface area contributed by atoms with E-state index in [9.17, 15) is 0 Å². The minimum atomic E-state index is 0.481. The molecule has 0 N–H and O–H groups in total. The molecule has 1 radical (unpaired) electrons. The molecule has 0 nitrogen and oxygen atoms in total. The second-order valence-corrected chi connectivity index (χ2v) is 5.71. The molecule has 1 aromatic carbocycles. The topological polar surface area (TPSA) is 0 Å². The molecule has 0 aromatic heterocycles. The van der Waals surface area contributed by atoms with Gasteiger partial charge in [0.1, 0.15) is 0 Å². The van der Waals surface area contributed by atoms with E-state index in [-0.39, 0.29) is 0 Å². The summed E-state index contributed by atoms with van der Waals surface area (Å²) in [6.45, 7) is 0. The SMILES string of the molecule is [S][C@@H]1CCCC[C@H]1Sc1ccccc1. The zero-order valence-corrected chi connectivity index (χ0v) is 9.82. The van der Waals surface area contributed by atoms with E-state index in [1.165, 1.54) is 30.6 Å². The van der Waals surface area contributed by atoms with Crippen molar-refractivity contribution in [3.63, 3.8) is 0 Å². The largest absolute Gasteiger partial charge is 0.122 e. The summed E-state index contributed by atoms with van der Waals surface area (Å²) in [5.41, 5.74) is 0. The molecule has 1 fully saturated rings. The number of thioether (sulfide) groups is 1. The predicted octanol–water partition coefficient (Wildman–Crippen LogP) is 4.29. The van der Waals surface area contributed by atoms with Crippen LogP contribution >= 0.6 is 24.4 Å². The Morgan fingerprint density at radius 3 is 2.50 bits per heavy atom. The Balaban J connectivity index is 1.96. The first-order valence-electron chi connectivity index (χ1n) is 5.24. The quantitative estimate of drug-likeness (QED) is 0.721. The molecule has 0 spiro atoms. The standard InChI is InChI=1S/C12H15S2/c13-11-8-4-5-9-12(11)14-10-6-2-1-3-7-10/h1-3,6-7,11-12H,4-5,8-9H2/t11-,12-/m1/s1. The number of hydrogen-bond donors (Lipinski definition) is 0. The van der Waals surface area contributed by atoms with Gasteiger partial charge in [0.15, 0.2) is 0 Å². The number of benzene rings is 1. The molecule has 2 atom stereocenters. The summed E-state index contributed by atoms with van der Waals surface area (Å²) in [6, 6.07) is 10.6. The average Bonchev–Trinajstić information content (AvgIpc) is 2.23. The summed E-state index contributed by atoms with van der Waals surface area (Å²) in [7, 11) is 0. The van der Waals surface area contributed by atoms with Gasteiger partial charge in [0, 0.05) is 15.4 Å². The van der Waals surface area contributed by atoms with Gasteiger partial charge in [-0.2, -0.15) is 0 Å². The van der Waals surface area contributed by atoms with Crippen molar-refractivity contribution in [2.75, 3.05) is 0 Å². The first-order chi connectivity index (χ1) is 6.86. The van der Waals surface area contributed by atoms with Gasteiger partial charge >= 0.3 is 0 Å². The van der Waals surface area contributed by atoms with Crippen molar-refractivity contribution < 1.29 is 0 Å². The fraction of sp³-hybridized carbons (Fsp3) is 0.500. The molecule has 0 heterocycles. The van der Waals surface area contributed by atoms with Crippen molar-refractivity contribution in [1.82, 2.24) is 0 Å². The van der Waals surface area contributed by atoms with Crippen molar-refractivity contribution in [3.8, 4) is 0 Å². The van der Waals surface area contributed by atoms with Crippen LogP contribution in [0, 0.1) is 0 Å². The van der Waals surface area contributed by atoms with E-state index in [2.05, 4.69) is 30.3 Å². The fourth-order valence-corrected chi connectivity index (χ4v) is 3.58. The van der Waals surface area contributed by atoms with Crippen LogP contribution in [-0.2, 0) is 0 Å². The van der Waals surface area contributed by atoms with Crippen molar-refractivity contribution in [1.29, 1.82) is 0 Å². The highest BCUT2D eigenvalue weighted by Crippen LogP contribution is 2.35. The van der Waals surface area contributed by atoms with Crippen molar-refractivity contribution >= 4 is 24.4 Å². The van der Waals surface area contributed by atoms with Gasteiger partial charge in [-0.15, -0.1) is 11.8 Å². The van der Waals surface area contributed by atoms with Crippen LogP contribution in [0.15, 0.2) is 35.2 Å². The zero-order chi connectivity index (χ0) is 9.80. The summed E-state index contributed by atoms with van der Waals surface area (Å²) in [5.74, 6) is 0. The Kier molecular flexibility index (Phi) is 3.82. The van der Waals surface area contributed by atoms with Crippen LogP contribution in [0.5, 0.6) is 0 Å². The lowest BCUT2D eigenvalue weighted by atomic mass is 10.00. The van der Waals surface area contributed by atoms with Gasteiger partial charge in [-0.3, -0.25) is 0 Å². The molecule has 0 bridgehead atoms. The molecule has 0 unspecified atom stereocenters. The summed E-state index contributed by atoms with van der Waals surface area (Å²) >= 11 is 7.46. The third-order valence-corrected chi connectivity index (χ3v) is 4.82. The third kappa shape index (κ3) is 2.71. The van der Waals surface area contributed by atoms with Crippen molar-refractivity contribution in [2.45, 2.75) is 41.1 Å². The van der Waals surface area contributed by atoms with Crippen LogP contribution in [0.3, 0.4) is 0 Å². The van der Waals surface area contributed by atoms with Gasteiger partial charge < -0.3 is 0 Å². The second kappa shape index (κ2) is 5.13. The zero-order valence-electron chi connectivity index (χ0n) is 8.19. The van der Waals surface area contributed by atoms with E-state index in [0.717, 1.165) is 0 Å². The van der Waals surface area contributed by atoms with E-state index in [4.69, 9.17) is 12.6 Å². The maximum absolute atomic E-state index is 5.49. The van der Waals surface area contributed by atoms with E-state index < -0.39 is 0 Å². The average molecular weight is 223 g/mol. The van der Waals surface area contributed by atoms with Gasteiger partial charge in [-0.1, -0.05) is 43.7 Å². The van der Waals surface area contributed by atoms with Crippen molar-refractivity contribution in [3.05, 3.63) is 30.3 Å². The molecule has 1 aliphatic rings. The van der Waals surface area contributed by atoms with E-state index in [0.29, 0.717) is 10.5 Å². The van der Waals surface area contributed by atoms with Crippen LogP contribution in [0.4, 0.5) is 0 Å². The van der Waals surface area contributed by atoms with Crippen LogP contribution < -0.4 is 0 Å². The van der Waals surface area contributed by atoms with E-state index in [1.54, 1.807) is 0 Å². The van der Waals surface area contributed by atoms with Gasteiger partial charge in [0.2, 0.25) is 0 Å². The Bertz CT molecular complexity index is 271. The molecule has 1 saturated carbocycles. The lowest BCUT2D eigenvalue weighted by Crippen LogP contribution is -2.21. The Labute approximate surface area is 95.9 Å². The molecule has 1 aromatic rings. The minimum absolute atomic E-state index is 0.481. The summed E-state index contributed by atoms with van der Waals surface area (Å²) in [6.07, 6.45) is 5.23. The number of rotatable bonds is 2. The molecule has 0 saturated heterocycles. The minimum Gasteiger partial charge on any atom is -0.122 e. The Morgan fingerprint density at radius 1 is 1.07 bits per heavy atom. The molecular formula is C12H15S2. The molecular weight excluding hydrogens is 208 g/mol. The number of hydrogen-bond acceptors (Lipinski definition) is 1. The van der Waals surface area contributed by atoms with E-state index >= 15 is 0 Å². The van der Waals surface area contributed by atoms with Crippen LogP contribution in [0.25, 0.3) is 0 Å². The van der Waals surface area contributed by atoms with Crippen LogP contribution in [0.2, 0.25) is 0 Å². The molecule has 75 valence electrons. The molecule has 1 aliphatic carbocycles. The molecule has 0 amide bonds. The monoisotopic (exact) mass is 223 g/mol. The van der Waals surface area contributed by atoms with Gasteiger partial charge in [-0.05, 0) is 25.0 Å². The highest BCUT2D eigenvalue weighted by atomic mass is 32.2. The fourth-order valence-electron chi connectivity index (χ4n) is 1.87. The first-order valence-corrected chi connectivity index (χ1v) is 6.59. The van der Waals surface area contributed by atoms with Gasteiger partial charge in [0.25, 0.3) is 0 Å². The first kappa shape index (κ1) is 10.4. The van der Waals surface area contributed by atoms with E-state index in [1.807, 2.05) is 11.8 Å². The Morgan fingerprint density at radius 2 is 1.79 bits per heavy atom. The lowest BCUT2D eigenvalue weighted by molar-refractivity contribution is 0.529. The van der Waals surface area contributed by atoms with Gasteiger partial charge in [-0.25, -0.2) is 0 Å². The van der Waals surface area contributed by atoms with Crippen LogP contribution in [-0.4, -0.2) is 10.5 Å². The smallest absolute Gasteiger partial charge is 0.0274 e. The third-order valence-electron chi connectivity index (χ3n) is 2.67. The normalized spacial score (nSPS) is 27.5. The predicted molar refractivity (Wildman–Crippen MR) is 65.9 cm³/mol. The molecule has 2 heteroatoms.